The molecule has 3 rings (SSSR count). The van der Waals surface area contributed by atoms with Crippen LogP contribution in [-0.4, -0.2) is 30.4 Å². The lowest BCUT2D eigenvalue weighted by Crippen LogP contribution is -2.44. The minimum absolute atomic E-state index is 0.0393. The molecule has 2 bridgehead atoms. The van der Waals surface area contributed by atoms with Crippen molar-refractivity contribution in [2.45, 2.75) is 59.4 Å². The summed E-state index contributed by atoms with van der Waals surface area (Å²) in [6.45, 7) is 8.33. The lowest BCUT2D eigenvalue weighted by molar-refractivity contribution is -0.129. The van der Waals surface area contributed by atoms with Gasteiger partial charge in [0, 0.05) is 11.8 Å². The van der Waals surface area contributed by atoms with Crippen molar-refractivity contribution >= 4 is 15.9 Å². The zero-order valence-electron chi connectivity index (χ0n) is 12.8. The maximum absolute atomic E-state index is 12.6. The Morgan fingerprint density at radius 3 is 2.55 bits per heavy atom. The van der Waals surface area contributed by atoms with E-state index in [9.17, 15) is 13.2 Å². The third-order valence-corrected chi connectivity index (χ3v) is 8.18. The van der Waals surface area contributed by atoms with Crippen molar-refractivity contribution in [1.29, 1.82) is 0 Å². The van der Waals surface area contributed by atoms with Gasteiger partial charge in [-0.3, -0.25) is 4.79 Å². The highest BCUT2D eigenvalue weighted by molar-refractivity contribution is 7.90. The zero-order chi connectivity index (χ0) is 14.9. The summed E-state index contributed by atoms with van der Waals surface area (Å²) >= 11 is 0. The standard InChI is InChI=1S/C15H25NO3S/c1-10(2)7-13(17)16-12-8-11-5-6-15(12,14(11,3)4)9-20(16,18)19/h10-12H,5-9H2,1-4H3/t11-,12-,15-/m1/s1. The van der Waals surface area contributed by atoms with Crippen molar-refractivity contribution in [3.8, 4) is 0 Å². The number of sulfonamides is 1. The SMILES string of the molecule is CC(C)CC(=O)N1[C@@H]2C[C@H]3CC[C@]2(CS1(=O)=O)C3(C)C. The van der Waals surface area contributed by atoms with Gasteiger partial charge in [-0.05, 0) is 36.5 Å². The third-order valence-electron chi connectivity index (χ3n) is 6.24. The van der Waals surface area contributed by atoms with Crippen LogP contribution in [-0.2, 0) is 14.8 Å². The van der Waals surface area contributed by atoms with Crippen LogP contribution in [0.25, 0.3) is 0 Å². The van der Waals surface area contributed by atoms with Gasteiger partial charge in [0.2, 0.25) is 15.9 Å². The minimum atomic E-state index is -3.42. The summed E-state index contributed by atoms with van der Waals surface area (Å²) in [6, 6.07) is -0.0764. The molecule has 1 heterocycles. The number of carbonyl (C=O) groups is 1. The Labute approximate surface area is 122 Å². The number of rotatable bonds is 2. The average molecular weight is 299 g/mol. The van der Waals surface area contributed by atoms with Gasteiger partial charge in [0.1, 0.15) is 0 Å². The molecule has 114 valence electrons. The lowest BCUT2D eigenvalue weighted by atomic mass is 9.69. The van der Waals surface area contributed by atoms with Gasteiger partial charge < -0.3 is 0 Å². The summed E-state index contributed by atoms with van der Waals surface area (Å²) in [4.78, 5) is 12.4. The molecule has 3 atom stereocenters. The van der Waals surface area contributed by atoms with Gasteiger partial charge >= 0.3 is 0 Å². The van der Waals surface area contributed by atoms with E-state index in [1.165, 1.54) is 4.31 Å². The summed E-state index contributed by atoms with van der Waals surface area (Å²) in [5.74, 6) is 0.751. The van der Waals surface area contributed by atoms with Crippen molar-refractivity contribution in [1.82, 2.24) is 4.31 Å². The smallest absolute Gasteiger partial charge is 0.238 e. The highest BCUT2D eigenvalue weighted by Crippen LogP contribution is 2.70. The Hall–Kier alpha value is -0.580. The molecule has 5 heteroatoms. The summed E-state index contributed by atoms with van der Waals surface area (Å²) < 4.78 is 26.4. The molecule has 4 nitrogen and oxygen atoms in total. The summed E-state index contributed by atoms with van der Waals surface area (Å²) in [5, 5.41) is 0. The van der Waals surface area contributed by atoms with E-state index in [0.717, 1.165) is 19.3 Å². The molecule has 2 saturated carbocycles. The van der Waals surface area contributed by atoms with Gasteiger partial charge in [0.15, 0.2) is 0 Å². The van der Waals surface area contributed by atoms with Crippen molar-refractivity contribution in [2.24, 2.45) is 22.7 Å². The summed E-state index contributed by atoms with van der Waals surface area (Å²) in [7, 11) is -3.42. The number of hydrogen-bond acceptors (Lipinski definition) is 3. The van der Waals surface area contributed by atoms with E-state index in [4.69, 9.17) is 0 Å². The first-order valence-electron chi connectivity index (χ1n) is 7.67. The van der Waals surface area contributed by atoms with Gasteiger partial charge in [0.05, 0.1) is 11.8 Å². The largest absolute Gasteiger partial charge is 0.274 e. The highest BCUT2D eigenvalue weighted by atomic mass is 32.2. The van der Waals surface area contributed by atoms with Gasteiger partial charge in [-0.2, -0.15) is 0 Å². The Kier molecular flexibility index (Phi) is 2.87. The predicted octanol–water partition coefficient (Wildman–Crippen LogP) is 2.40. The fourth-order valence-corrected chi connectivity index (χ4v) is 7.62. The fourth-order valence-electron chi connectivity index (χ4n) is 5.06. The van der Waals surface area contributed by atoms with Crippen LogP contribution < -0.4 is 0 Å². The van der Waals surface area contributed by atoms with Crippen LogP contribution in [0.1, 0.15) is 53.4 Å². The van der Waals surface area contributed by atoms with Crippen LogP contribution in [0.4, 0.5) is 0 Å². The number of carbonyl (C=O) groups excluding carboxylic acids is 1. The lowest BCUT2D eigenvalue weighted by Gasteiger charge is -2.37. The Morgan fingerprint density at radius 1 is 1.35 bits per heavy atom. The highest BCUT2D eigenvalue weighted by Gasteiger charge is 2.72. The Bertz CT molecular complexity index is 551. The van der Waals surface area contributed by atoms with Crippen LogP contribution in [0.15, 0.2) is 0 Å². The molecule has 2 aliphatic carbocycles. The molecule has 1 amide bonds. The quantitative estimate of drug-likeness (QED) is 0.787. The molecular formula is C15H25NO3S. The van der Waals surface area contributed by atoms with Crippen molar-refractivity contribution in [2.75, 3.05) is 5.75 Å². The Balaban J connectivity index is 2.00. The monoisotopic (exact) mass is 299 g/mol. The molecule has 1 spiro atoms. The maximum Gasteiger partial charge on any atom is 0.238 e. The van der Waals surface area contributed by atoms with Crippen molar-refractivity contribution < 1.29 is 13.2 Å². The number of hydrogen-bond donors (Lipinski definition) is 0. The molecule has 0 N–H and O–H groups in total. The van der Waals surface area contributed by atoms with Crippen molar-refractivity contribution in [3.63, 3.8) is 0 Å². The number of fused-ring (bicyclic) bond motifs is 1. The van der Waals surface area contributed by atoms with E-state index < -0.39 is 10.0 Å². The first kappa shape index (κ1) is 14.4. The molecule has 0 radical (unpaired) electrons. The minimum Gasteiger partial charge on any atom is -0.274 e. The topological polar surface area (TPSA) is 54.5 Å². The molecule has 0 aromatic rings. The van der Waals surface area contributed by atoms with E-state index in [1.54, 1.807) is 0 Å². The second-order valence-electron chi connectivity index (χ2n) is 7.91. The van der Waals surface area contributed by atoms with E-state index in [2.05, 4.69) is 13.8 Å². The normalized spacial score (nSPS) is 40.4. The average Bonchev–Trinajstić information content (AvgIpc) is 2.73. The van der Waals surface area contributed by atoms with Gasteiger partial charge in [-0.25, -0.2) is 12.7 Å². The third kappa shape index (κ3) is 1.59. The maximum atomic E-state index is 12.6. The van der Waals surface area contributed by atoms with Crippen LogP contribution >= 0.6 is 0 Å². The molecule has 0 unspecified atom stereocenters. The van der Waals surface area contributed by atoms with Gasteiger partial charge in [-0.15, -0.1) is 0 Å². The molecule has 0 aromatic heterocycles. The number of amides is 1. The fraction of sp³-hybridized carbons (Fsp3) is 0.933. The molecule has 1 aliphatic heterocycles. The Morgan fingerprint density at radius 2 is 2.00 bits per heavy atom. The van der Waals surface area contributed by atoms with E-state index in [1.807, 2.05) is 13.8 Å². The number of nitrogens with zero attached hydrogens (tertiary/aromatic N) is 1. The molecule has 3 aliphatic rings. The molecule has 3 fully saturated rings. The first-order chi connectivity index (χ1) is 9.12. The predicted molar refractivity (Wildman–Crippen MR) is 77.4 cm³/mol. The van der Waals surface area contributed by atoms with E-state index in [-0.39, 0.29) is 34.4 Å². The van der Waals surface area contributed by atoms with E-state index >= 15 is 0 Å². The molecule has 0 aromatic carbocycles. The van der Waals surface area contributed by atoms with Crippen LogP contribution in [0, 0.1) is 22.7 Å². The van der Waals surface area contributed by atoms with Crippen LogP contribution in [0.3, 0.4) is 0 Å². The molecular weight excluding hydrogens is 274 g/mol. The first-order valence-corrected chi connectivity index (χ1v) is 9.28. The second kappa shape index (κ2) is 3.99. The van der Waals surface area contributed by atoms with Gasteiger partial charge in [0.25, 0.3) is 0 Å². The van der Waals surface area contributed by atoms with Crippen molar-refractivity contribution in [3.05, 3.63) is 0 Å². The summed E-state index contributed by atoms with van der Waals surface area (Å²) in [6.07, 6.45) is 3.28. The van der Waals surface area contributed by atoms with Gasteiger partial charge in [-0.1, -0.05) is 27.7 Å². The zero-order valence-corrected chi connectivity index (χ0v) is 13.7. The van der Waals surface area contributed by atoms with Crippen LogP contribution in [0.2, 0.25) is 0 Å². The van der Waals surface area contributed by atoms with E-state index in [0.29, 0.717) is 12.3 Å². The second-order valence-corrected chi connectivity index (χ2v) is 9.75. The summed E-state index contributed by atoms with van der Waals surface area (Å²) in [5.41, 5.74) is -0.152. The molecule has 1 saturated heterocycles. The van der Waals surface area contributed by atoms with Crippen LogP contribution in [0.5, 0.6) is 0 Å². The molecule has 20 heavy (non-hydrogen) atoms.